The first kappa shape index (κ1) is 23.9. The van der Waals surface area contributed by atoms with Crippen molar-refractivity contribution in [3.63, 3.8) is 0 Å². The Balaban J connectivity index is 1.37. The molecule has 0 radical (unpaired) electrons. The fourth-order valence-corrected chi connectivity index (χ4v) is 6.66. The Morgan fingerprint density at radius 2 is 1.92 bits per heavy atom. The number of carbonyl (C=O) groups is 1. The number of amides is 1. The standard InChI is InChI=1S/C30H23N5O2S/c1-2-18-6-5-7-22(14-18)32-29(37)26-17-38-30-28(19-10-11-19)21(16-27(36)35(26)30)15-20-12-13-25(33-34-31)24-9-4-3-8-23(20)24/h1,3-9,12-14,16,19,26H,10-11,15,17H2,(H,32,37)/t26-/m0/s1. The first-order valence-corrected chi connectivity index (χ1v) is 13.4. The van der Waals surface area contributed by atoms with Crippen LogP contribution in [0.15, 0.2) is 81.7 Å². The van der Waals surface area contributed by atoms with E-state index in [1.54, 1.807) is 46.7 Å². The molecular weight excluding hydrogens is 494 g/mol. The number of nitrogens with zero attached hydrogens (tertiary/aromatic N) is 4. The van der Waals surface area contributed by atoms with Crippen LogP contribution >= 0.6 is 11.8 Å². The van der Waals surface area contributed by atoms with Crippen LogP contribution in [-0.2, 0) is 11.2 Å². The molecule has 1 amide bonds. The molecule has 1 aromatic heterocycles. The van der Waals surface area contributed by atoms with Crippen molar-refractivity contribution < 1.29 is 4.79 Å². The second-order valence-corrected chi connectivity index (χ2v) is 10.6. The van der Waals surface area contributed by atoms with Crippen LogP contribution in [0.1, 0.15) is 47.1 Å². The molecule has 2 heterocycles. The summed E-state index contributed by atoms with van der Waals surface area (Å²) in [6.45, 7) is 0. The number of benzene rings is 3. The lowest BCUT2D eigenvalue weighted by atomic mass is 9.94. The molecule has 2 aliphatic rings. The second kappa shape index (κ2) is 9.79. The van der Waals surface area contributed by atoms with E-state index < -0.39 is 6.04 Å². The van der Waals surface area contributed by atoms with Crippen molar-refractivity contribution in [1.82, 2.24) is 4.57 Å². The Labute approximate surface area is 223 Å². The third kappa shape index (κ3) is 4.32. The molecule has 1 saturated carbocycles. The Bertz CT molecular complexity index is 1760. The molecule has 1 aliphatic heterocycles. The molecular formula is C30H23N5O2S. The summed E-state index contributed by atoms with van der Waals surface area (Å²) in [4.78, 5) is 29.7. The molecule has 38 heavy (non-hydrogen) atoms. The van der Waals surface area contributed by atoms with Crippen molar-refractivity contribution in [3.05, 3.63) is 110 Å². The SMILES string of the molecule is C#Cc1cccc(NC(=O)[C@@H]2CSc3c(C4CC4)c(Cc4ccc(N=[N+]=[N-])c5ccccc45)cc(=O)n32)c1. The van der Waals surface area contributed by atoms with Gasteiger partial charge in [0.2, 0.25) is 5.91 Å². The van der Waals surface area contributed by atoms with Crippen LogP contribution in [0.2, 0.25) is 0 Å². The van der Waals surface area contributed by atoms with Crippen molar-refractivity contribution in [1.29, 1.82) is 0 Å². The van der Waals surface area contributed by atoms with Crippen molar-refractivity contribution in [2.45, 2.75) is 36.2 Å². The van der Waals surface area contributed by atoms with Crippen molar-refractivity contribution in [3.8, 4) is 12.3 Å². The first-order chi connectivity index (χ1) is 18.6. The van der Waals surface area contributed by atoms with Crippen LogP contribution in [0.25, 0.3) is 21.2 Å². The molecule has 186 valence electrons. The predicted octanol–water partition coefficient (Wildman–Crippen LogP) is 6.68. The zero-order valence-electron chi connectivity index (χ0n) is 20.4. The Kier molecular flexibility index (Phi) is 6.16. The number of rotatable bonds is 6. The molecule has 1 aliphatic carbocycles. The van der Waals surface area contributed by atoms with Gasteiger partial charge in [0.1, 0.15) is 6.04 Å². The van der Waals surface area contributed by atoms with E-state index in [9.17, 15) is 9.59 Å². The van der Waals surface area contributed by atoms with E-state index >= 15 is 0 Å². The number of carbonyl (C=O) groups excluding carboxylic acids is 1. The van der Waals surface area contributed by atoms with Crippen LogP contribution < -0.4 is 10.9 Å². The van der Waals surface area contributed by atoms with E-state index in [0.717, 1.165) is 39.8 Å². The van der Waals surface area contributed by atoms with Crippen LogP contribution in [0.3, 0.4) is 0 Å². The van der Waals surface area contributed by atoms with Gasteiger partial charge in [-0.05, 0) is 76.4 Å². The van der Waals surface area contributed by atoms with Gasteiger partial charge in [-0.2, -0.15) is 0 Å². The van der Waals surface area contributed by atoms with E-state index in [1.807, 2.05) is 36.4 Å². The number of fused-ring (bicyclic) bond motifs is 2. The molecule has 7 nitrogen and oxygen atoms in total. The number of thioether (sulfide) groups is 1. The Hall–Kier alpha value is -4.44. The first-order valence-electron chi connectivity index (χ1n) is 12.4. The van der Waals surface area contributed by atoms with E-state index in [0.29, 0.717) is 35.0 Å². The quantitative estimate of drug-likeness (QED) is 0.134. The molecule has 3 aromatic carbocycles. The fraction of sp³-hybridized carbons (Fsp3) is 0.200. The molecule has 0 saturated heterocycles. The van der Waals surface area contributed by atoms with E-state index in [4.69, 9.17) is 12.0 Å². The van der Waals surface area contributed by atoms with Gasteiger partial charge in [-0.15, -0.1) is 18.2 Å². The topological polar surface area (TPSA) is 99.9 Å². The van der Waals surface area contributed by atoms with Crippen LogP contribution in [-0.4, -0.2) is 16.2 Å². The monoisotopic (exact) mass is 517 g/mol. The number of hydrogen-bond donors (Lipinski definition) is 1. The molecule has 1 fully saturated rings. The molecule has 0 bridgehead atoms. The highest BCUT2D eigenvalue weighted by Gasteiger charge is 2.37. The summed E-state index contributed by atoms with van der Waals surface area (Å²) in [5.74, 6) is 3.25. The molecule has 6 rings (SSSR count). The van der Waals surface area contributed by atoms with E-state index in [-0.39, 0.29) is 11.5 Å². The minimum atomic E-state index is -0.590. The Morgan fingerprint density at radius 1 is 1.11 bits per heavy atom. The summed E-state index contributed by atoms with van der Waals surface area (Å²) in [7, 11) is 0. The predicted molar refractivity (Wildman–Crippen MR) is 151 cm³/mol. The summed E-state index contributed by atoms with van der Waals surface area (Å²) in [5, 5.41) is 9.57. The number of azide groups is 1. The van der Waals surface area contributed by atoms with Gasteiger partial charge < -0.3 is 5.32 Å². The van der Waals surface area contributed by atoms with Gasteiger partial charge in [-0.3, -0.25) is 14.2 Å². The summed E-state index contributed by atoms with van der Waals surface area (Å²) < 4.78 is 1.67. The number of nitrogens with one attached hydrogen (secondary N) is 1. The molecule has 1 N–H and O–H groups in total. The number of terminal acetylenes is 1. The third-order valence-corrected chi connectivity index (χ3v) is 8.30. The average Bonchev–Trinajstić information content (AvgIpc) is 3.66. The summed E-state index contributed by atoms with van der Waals surface area (Å²) >= 11 is 1.58. The van der Waals surface area contributed by atoms with Gasteiger partial charge in [0, 0.05) is 33.7 Å². The number of anilines is 1. The number of pyridine rings is 1. The van der Waals surface area contributed by atoms with Crippen molar-refractivity contribution >= 4 is 39.8 Å². The number of aromatic nitrogens is 1. The highest BCUT2D eigenvalue weighted by molar-refractivity contribution is 7.99. The maximum atomic E-state index is 13.5. The Morgan fingerprint density at radius 3 is 2.68 bits per heavy atom. The van der Waals surface area contributed by atoms with Gasteiger partial charge in [0.05, 0.1) is 5.03 Å². The largest absolute Gasteiger partial charge is 0.324 e. The summed E-state index contributed by atoms with van der Waals surface area (Å²) in [6, 6.07) is 19.9. The highest BCUT2D eigenvalue weighted by atomic mass is 32.2. The minimum Gasteiger partial charge on any atom is -0.324 e. The van der Waals surface area contributed by atoms with E-state index in [2.05, 4.69) is 21.3 Å². The molecule has 8 heteroatoms. The lowest BCUT2D eigenvalue weighted by molar-refractivity contribution is -0.118. The molecule has 0 unspecified atom stereocenters. The average molecular weight is 518 g/mol. The normalized spacial score (nSPS) is 15.9. The smallest absolute Gasteiger partial charge is 0.252 e. The van der Waals surface area contributed by atoms with Crippen molar-refractivity contribution in [2.24, 2.45) is 5.11 Å². The van der Waals surface area contributed by atoms with E-state index in [1.165, 1.54) is 5.56 Å². The van der Waals surface area contributed by atoms with Gasteiger partial charge >= 0.3 is 0 Å². The lowest BCUT2D eigenvalue weighted by Gasteiger charge is -2.18. The zero-order valence-corrected chi connectivity index (χ0v) is 21.2. The highest BCUT2D eigenvalue weighted by Crippen LogP contribution is 2.49. The van der Waals surface area contributed by atoms with Gasteiger partial charge in [0.25, 0.3) is 5.56 Å². The van der Waals surface area contributed by atoms with Crippen LogP contribution in [0.4, 0.5) is 11.4 Å². The lowest BCUT2D eigenvalue weighted by Crippen LogP contribution is -2.33. The summed E-state index contributed by atoms with van der Waals surface area (Å²) in [5.41, 5.74) is 13.9. The van der Waals surface area contributed by atoms with Crippen LogP contribution in [0, 0.1) is 12.3 Å². The van der Waals surface area contributed by atoms with Crippen LogP contribution in [0.5, 0.6) is 0 Å². The molecule has 4 aromatic rings. The zero-order chi connectivity index (χ0) is 26.2. The van der Waals surface area contributed by atoms with Crippen molar-refractivity contribution in [2.75, 3.05) is 11.1 Å². The summed E-state index contributed by atoms with van der Waals surface area (Å²) in [6.07, 6.45) is 8.23. The minimum absolute atomic E-state index is 0.170. The maximum Gasteiger partial charge on any atom is 0.252 e. The third-order valence-electron chi connectivity index (χ3n) is 7.13. The maximum absolute atomic E-state index is 13.5. The van der Waals surface area contributed by atoms with Gasteiger partial charge in [-0.25, -0.2) is 0 Å². The van der Waals surface area contributed by atoms with Gasteiger partial charge in [-0.1, -0.05) is 53.5 Å². The molecule has 1 atom stereocenters. The number of hydrogen-bond acceptors (Lipinski definition) is 4. The second-order valence-electron chi connectivity index (χ2n) is 9.57. The van der Waals surface area contributed by atoms with Gasteiger partial charge in [0.15, 0.2) is 0 Å². The fourth-order valence-electron chi connectivity index (χ4n) is 5.24. The molecule has 0 spiro atoms.